The molecule has 0 radical (unpaired) electrons. The van der Waals surface area contributed by atoms with E-state index in [2.05, 4.69) is 15.6 Å². The number of hydrogen-bond acceptors (Lipinski definition) is 11. The molecule has 1 aliphatic carbocycles. The molecule has 0 spiro atoms. The molecule has 1 fully saturated rings. The van der Waals surface area contributed by atoms with Crippen LogP contribution in [0, 0.1) is 0 Å². The quantitative estimate of drug-likeness (QED) is 0.105. The van der Waals surface area contributed by atoms with Crippen LogP contribution in [0.5, 0.6) is 0 Å². The Morgan fingerprint density at radius 3 is 2.70 bits per heavy atom. The van der Waals surface area contributed by atoms with Crippen LogP contribution in [-0.4, -0.2) is 66.3 Å². The minimum Gasteiger partial charge on any atom is -0.397 e. The number of rotatable bonds is 6. The van der Waals surface area contributed by atoms with Crippen molar-refractivity contribution in [2.75, 3.05) is 22.7 Å². The number of nitrogens with two attached hydrogens (primary N) is 1. The summed E-state index contributed by atoms with van der Waals surface area (Å²) in [5.41, 5.74) is 9.49. The van der Waals surface area contributed by atoms with Gasteiger partial charge in [0, 0.05) is 17.5 Å². The summed E-state index contributed by atoms with van der Waals surface area (Å²) in [5.74, 6) is -1.02. The highest BCUT2D eigenvalue weighted by atomic mass is 31.2. The number of anilines is 3. The largest absolute Gasteiger partial charge is 0.491 e. The maximum absolute atomic E-state index is 13.6. The van der Waals surface area contributed by atoms with Crippen LogP contribution >= 0.6 is 7.82 Å². The predicted octanol–water partition coefficient (Wildman–Crippen LogP) is 1.36. The number of imidazole rings is 1. The fourth-order valence-electron chi connectivity index (χ4n) is 6.02. The van der Waals surface area contributed by atoms with Crippen molar-refractivity contribution in [2.45, 2.75) is 37.6 Å². The number of amides is 1. The van der Waals surface area contributed by atoms with Gasteiger partial charge < -0.3 is 41.1 Å². The van der Waals surface area contributed by atoms with Crippen LogP contribution in [-0.2, 0) is 20.3 Å². The first kappa shape index (κ1) is 28.4. The molecule has 4 atom stereocenters. The van der Waals surface area contributed by atoms with E-state index in [4.69, 9.17) is 15.1 Å². The molecule has 1 unspecified atom stereocenters. The molecule has 3 aromatic carbocycles. The third kappa shape index (κ3) is 4.71. The number of hydrogen-bond donors (Lipinski definition) is 7. The molecule has 3 aliphatic rings. The number of carbonyl (C=O) groups excluding carboxylic acids is 2. The lowest BCUT2D eigenvalue weighted by Gasteiger charge is -2.37. The number of fused-ring (bicyclic) bond motifs is 5. The third-order valence-electron chi connectivity index (χ3n) is 8.02. The van der Waals surface area contributed by atoms with E-state index in [0.717, 1.165) is 16.2 Å². The van der Waals surface area contributed by atoms with Gasteiger partial charge in [0.25, 0.3) is 5.91 Å². The van der Waals surface area contributed by atoms with Gasteiger partial charge in [0.15, 0.2) is 17.3 Å². The molecule has 8 N–H and O–H groups in total. The number of aromatic nitrogens is 2. The molecule has 3 heterocycles. The van der Waals surface area contributed by atoms with Crippen LogP contribution in [0.4, 0.5) is 17.2 Å². The number of nitrogens with one attached hydrogen (secondary N) is 2. The Kier molecular flexibility index (Phi) is 6.71. The second-order valence-corrected chi connectivity index (χ2v) is 11.9. The number of carbonyl (C=O) groups is 2. The predicted molar refractivity (Wildman–Crippen MR) is 155 cm³/mol. The Morgan fingerprint density at radius 2 is 1.95 bits per heavy atom. The summed E-state index contributed by atoms with van der Waals surface area (Å²) in [6.07, 6.45) is -2.57. The molecule has 2 aliphatic heterocycles. The van der Waals surface area contributed by atoms with Crippen LogP contribution in [0.1, 0.15) is 50.2 Å². The van der Waals surface area contributed by atoms with Gasteiger partial charge in [-0.25, -0.2) is 9.55 Å². The number of ketones is 1. The summed E-state index contributed by atoms with van der Waals surface area (Å²) in [6.45, 7) is -0.471. The molecule has 228 valence electrons. The Labute approximate surface area is 249 Å². The lowest BCUT2D eigenvalue weighted by Crippen LogP contribution is -2.57. The van der Waals surface area contributed by atoms with E-state index in [1.807, 2.05) is 24.3 Å². The van der Waals surface area contributed by atoms with E-state index in [9.17, 15) is 34.2 Å². The minimum absolute atomic E-state index is 0.00260. The standard InChI is InChI=1S/C28H27N6O9P/c29-18-8-14-5-6-15-7-13-3-1-2-4-16(13)25(37)23(15)17(14)9-19(18)31-28-32-26(38)24-27(34(28)43-44(39,40)41)33(12-30-24)22-10-20(36)21(11-35)42-22/h1-6,8-9,12,20-22,28,31,35-36H,7,10-11,29H2,(H,32,38)(H2,39,40,41)/t20-,21+,22+,28?/m0/s1. The summed E-state index contributed by atoms with van der Waals surface area (Å²) in [4.78, 5) is 50.5. The highest BCUT2D eigenvalue weighted by Crippen LogP contribution is 2.44. The molecule has 1 amide bonds. The van der Waals surface area contributed by atoms with E-state index < -0.39 is 45.1 Å². The van der Waals surface area contributed by atoms with Crippen molar-refractivity contribution in [3.8, 4) is 0 Å². The Balaban J connectivity index is 1.29. The second kappa shape index (κ2) is 10.4. The van der Waals surface area contributed by atoms with Crippen LogP contribution in [0.15, 0.2) is 54.9 Å². The number of aliphatic hydroxyl groups excluding tert-OH is 2. The maximum atomic E-state index is 13.6. The van der Waals surface area contributed by atoms with Crippen molar-refractivity contribution < 1.29 is 43.5 Å². The van der Waals surface area contributed by atoms with Crippen molar-refractivity contribution in [1.29, 1.82) is 0 Å². The minimum atomic E-state index is -5.23. The first-order valence-electron chi connectivity index (χ1n) is 13.6. The van der Waals surface area contributed by atoms with Gasteiger partial charge in [0.2, 0.25) is 6.29 Å². The average Bonchev–Trinajstić information content (AvgIpc) is 3.59. The Morgan fingerprint density at radius 1 is 1.16 bits per heavy atom. The second-order valence-electron chi connectivity index (χ2n) is 10.8. The summed E-state index contributed by atoms with van der Waals surface area (Å²) >= 11 is 0. The molecule has 1 saturated heterocycles. The molecule has 4 aromatic rings. The van der Waals surface area contributed by atoms with Crippen LogP contribution in [0.2, 0.25) is 0 Å². The molecular formula is C28H27N6O9P. The van der Waals surface area contributed by atoms with E-state index >= 15 is 0 Å². The molecule has 7 rings (SSSR count). The number of nitrogen functional groups attached to an aromatic ring is 1. The van der Waals surface area contributed by atoms with Crippen LogP contribution < -0.4 is 21.4 Å². The number of aliphatic hydroxyl groups is 2. The van der Waals surface area contributed by atoms with Gasteiger partial charge >= 0.3 is 7.82 Å². The molecule has 44 heavy (non-hydrogen) atoms. The van der Waals surface area contributed by atoms with Crippen molar-refractivity contribution in [3.05, 3.63) is 82.8 Å². The summed E-state index contributed by atoms with van der Waals surface area (Å²) in [6, 6.07) is 14.4. The van der Waals surface area contributed by atoms with E-state index in [0.29, 0.717) is 28.3 Å². The van der Waals surface area contributed by atoms with Crippen molar-refractivity contribution in [1.82, 2.24) is 14.9 Å². The zero-order chi connectivity index (χ0) is 30.9. The molecule has 0 saturated carbocycles. The van der Waals surface area contributed by atoms with Gasteiger partial charge in [0.05, 0.1) is 30.4 Å². The van der Waals surface area contributed by atoms with Gasteiger partial charge in [-0.15, -0.1) is 0 Å². The fraction of sp³-hybridized carbons (Fsp3) is 0.250. The first-order chi connectivity index (χ1) is 21.0. The van der Waals surface area contributed by atoms with Gasteiger partial charge in [-0.2, -0.15) is 9.69 Å². The zero-order valence-corrected chi connectivity index (χ0v) is 23.7. The summed E-state index contributed by atoms with van der Waals surface area (Å²) < 4.78 is 24.2. The van der Waals surface area contributed by atoms with Crippen molar-refractivity contribution in [2.24, 2.45) is 0 Å². The van der Waals surface area contributed by atoms with Crippen LogP contribution in [0.3, 0.4) is 0 Å². The van der Waals surface area contributed by atoms with Gasteiger partial charge in [0.1, 0.15) is 12.3 Å². The topological polar surface area (TPSA) is 222 Å². The number of ether oxygens (including phenoxy) is 1. The van der Waals surface area contributed by atoms with E-state index in [1.54, 1.807) is 24.3 Å². The molecule has 0 bridgehead atoms. The molecule has 16 heteroatoms. The van der Waals surface area contributed by atoms with Crippen molar-refractivity contribution >= 4 is 47.5 Å². The highest BCUT2D eigenvalue weighted by molar-refractivity contribution is 7.46. The fourth-order valence-corrected chi connectivity index (χ4v) is 6.42. The number of hydroxylamine groups is 1. The van der Waals surface area contributed by atoms with E-state index in [1.165, 1.54) is 10.9 Å². The average molecular weight is 623 g/mol. The van der Waals surface area contributed by atoms with Crippen molar-refractivity contribution in [3.63, 3.8) is 0 Å². The SMILES string of the molecule is Nc1cc2ccc3c(c2cc1NC1NC(=O)c2ncn([C@H]4C[C@H](O)[C@@H](CO)O4)c2N1OP(=O)(O)O)C(=O)c1ccccc1C3. The Bertz CT molecular complexity index is 1890. The third-order valence-corrected chi connectivity index (χ3v) is 8.41. The van der Waals surface area contributed by atoms with Gasteiger partial charge in [-0.3, -0.25) is 14.2 Å². The lowest BCUT2D eigenvalue weighted by molar-refractivity contribution is -0.0447. The highest BCUT2D eigenvalue weighted by Gasteiger charge is 2.43. The maximum Gasteiger partial charge on any atom is 0.491 e. The van der Waals surface area contributed by atoms with Crippen LogP contribution in [0.25, 0.3) is 10.8 Å². The molecular weight excluding hydrogens is 595 g/mol. The summed E-state index contributed by atoms with van der Waals surface area (Å²) in [5, 5.41) is 27.4. The molecule has 1 aromatic heterocycles. The first-order valence-corrected chi connectivity index (χ1v) is 15.2. The van der Waals surface area contributed by atoms with E-state index in [-0.39, 0.29) is 35.1 Å². The lowest BCUT2D eigenvalue weighted by atomic mass is 9.82. The number of nitrogens with zero attached hydrogens (tertiary/aromatic N) is 3. The zero-order valence-electron chi connectivity index (χ0n) is 22.8. The number of benzene rings is 3. The van der Waals surface area contributed by atoms with Gasteiger partial charge in [-0.1, -0.05) is 36.4 Å². The Hall–Kier alpha value is -4.34. The smallest absolute Gasteiger partial charge is 0.397 e. The normalized spacial score (nSPS) is 22.9. The molecule has 15 nitrogen and oxygen atoms in total. The number of phosphoric acid groups is 1. The van der Waals surface area contributed by atoms with Gasteiger partial charge in [-0.05, 0) is 40.5 Å². The summed E-state index contributed by atoms with van der Waals surface area (Å²) in [7, 11) is -5.23. The monoisotopic (exact) mass is 622 g/mol.